The Morgan fingerprint density at radius 2 is 1.62 bits per heavy atom. The highest BCUT2D eigenvalue weighted by Crippen LogP contribution is 2.18. The van der Waals surface area contributed by atoms with Crippen molar-refractivity contribution >= 4 is 21.4 Å². The summed E-state index contributed by atoms with van der Waals surface area (Å²) in [6, 6.07) is 7.98. The van der Waals surface area contributed by atoms with Crippen molar-refractivity contribution in [3.8, 4) is 0 Å². The maximum Gasteiger partial charge on any atom is 0.155 e. The highest BCUT2D eigenvalue weighted by atomic mass is 35.5. The third-order valence-corrected chi connectivity index (χ3v) is 6.63. The van der Waals surface area contributed by atoms with Gasteiger partial charge in [-0.3, -0.25) is 0 Å². The largest absolute Gasteiger partial charge is 0.228 e. The lowest BCUT2D eigenvalue weighted by Crippen LogP contribution is -2.30. The number of rotatable bonds is 8. The van der Waals surface area contributed by atoms with Crippen molar-refractivity contribution in [1.82, 2.24) is 0 Å². The first kappa shape index (κ1) is 18.5. The molecule has 0 saturated heterocycles. The molecule has 4 heteroatoms. The van der Waals surface area contributed by atoms with Crippen molar-refractivity contribution < 1.29 is 8.42 Å². The van der Waals surface area contributed by atoms with E-state index in [1.54, 1.807) is 20.8 Å². The normalized spacial score (nSPS) is 12.6. The second kappa shape index (κ2) is 8.19. The summed E-state index contributed by atoms with van der Waals surface area (Å²) >= 11 is 5.95. The zero-order valence-corrected chi connectivity index (χ0v) is 14.9. The molecule has 0 aromatic heterocycles. The summed E-state index contributed by atoms with van der Waals surface area (Å²) in [6.07, 6.45) is 6.18. The molecule has 0 heterocycles. The van der Waals surface area contributed by atoms with Crippen molar-refractivity contribution in [2.75, 3.05) is 5.75 Å². The summed E-state index contributed by atoms with van der Waals surface area (Å²) in [5.74, 6) is 0.310. The molecule has 0 amide bonds. The molecule has 1 aromatic rings. The third-order valence-electron chi connectivity index (χ3n) is 3.70. The zero-order valence-electron chi connectivity index (χ0n) is 13.4. The first-order valence-corrected chi connectivity index (χ1v) is 9.72. The van der Waals surface area contributed by atoms with E-state index in [0.717, 1.165) is 43.5 Å². The molecule has 0 unspecified atom stereocenters. The quantitative estimate of drug-likeness (QED) is 0.625. The Kier molecular flexibility index (Phi) is 7.22. The van der Waals surface area contributed by atoms with E-state index in [0.29, 0.717) is 5.75 Å². The Morgan fingerprint density at radius 3 is 2.24 bits per heavy atom. The minimum absolute atomic E-state index is 0.310. The summed E-state index contributed by atoms with van der Waals surface area (Å²) in [6.45, 7) is 5.31. The van der Waals surface area contributed by atoms with Crippen molar-refractivity contribution in [1.29, 1.82) is 0 Å². The average Bonchev–Trinajstić information content (AvgIpc) is 2.36. The topological polar surface area (TPSA) is 34.1 Å². The summed E-state index contributed by atoms with van der Waals surface area (Å²) in [5, 5.41) is 0.792. The van der Waals surface area contributed by atoms with E-state index in [-0.39, 0.29) is 0 Å². The molecule has 0 spiro atoms. The number of hydrogen-bond donors (Lipinski definition) is 0. The Bertz CT molecular complexity index is 530. The molecule has 1 aromatic carbocycles. The third kappa shape index (κ3) is 6.84. The van der Waals surface area contributed by atoms with Crippen LogP contribution < -0.4 is 0 Å². The van der Waals surface area contributed by atoms with E-state index in [1.165, 1.54) is 5.56 Å². The molecule has 0 saturated carbocycles. The molecule has 0 atom stereocenters. The van der Waals surface area contributed by atoms with Crippen molar-refractivity contribution in [3.63, 3.8) is 0 Å². The number of aryl methyl sites for hydroxylation is 1. The smallest absolute Gasteiger partial charge is 0.155 e. The van der Waals surface area contributed by atoms with Crippen LogP contribution in [0.3, 0.4) is 0 Å². The van der Waals surface area contributed by atoms with E-state index < -0.39 is 14.6 Å². The van der Waals surface area contributed by atoms with Gasteiger partial charge < -0.3 is 0 Å². The molecular formula is C17H27ClO2S. The number of hydrogen-bond acceptors (Lipinski definition) is 2. The van der Waals surface area contributed by atoms with Gasteiger partial charge in [0.1, 0.15) is 0 Å². The summed E-state index contributed by atoms with van der Waals surface area (Å²) in [5.41, 5.74) is 1.28. The van der Waals surface area contributed by atoms with E-state index >= 15 is 0 Å². The molecule has 0 bridgehead atoms. The first-order chi connectivity index (χ1) is 9.72. The van der Waals surface area contributed by atoms with E-state index in [4.69, 9.17) is 11.6 Å². The van der Waals surface area contributed by atoms with Crippen molar-refractivity contribution in [2.45, 2.75) is 64.0 Å². The average molecular weight is 331 g/mol. The second-order valence-corrected chi connectivity index (χ2v) is 9.88. The van der Waals surface area contributed by atoms with Crippen LogP contribution in [0.1, 0.15) is 58.4 Å². The lowest BCUT2D eigenvalue weighted by atomic mass is 10.1. The Labute approximate surface area is 134 Å². The molecule has 0 N–H and O–H groups in total. The molecular weight excluding hydrogens is 304 g/mol. The Hall–Kier alpha value is -0.540. The Balaban J connectivity index is 2.13. The number of halogens is 1. The minimum Gasteiger partial charge on any atom is -0.228 e. The van der Waals surface area contributed by atoms with Crippen molar-refractivity contribution in [3.05, 3.63) is 34.9 Å². The van der Waals surface area contributed by atoms with E-state index in [9.17, 15) is 8.42 Å². The van der Waals surface area contributed by atoms with Crippen LogP contribution in [-0.2, 0) is 16.3 Å². The van der Waals surface area contributed by atoms with Gasteiger partial charge in [0.15, 0.2) is 9.84 Å². The zero-order chi connectivity index (χ0) is 15.9. The molecule has 0 aliphatic heterocycles. The molecule has 21 heavy (non-hydrogen) atoms. The van der Waals surface area contributed by atoms with E-state index in [1.807, 2.05) is 18.2 Å². The molecule has 1 rings (SSSR count). The van der Waals surface area contributed by atoms with Crippen LogP contribution >= 0.6 is 11.6 Å². The van der Waals surface area contributed by atoms with Gasteiger partial charge >= 0.3 is 0 Å². The van der Waals surface area contributed by atoms with Gasteiger partial charge in [-0.15, -0.1) is 0 Å². The van der Waals surface area contributed by atoms with Gasteiger partial charge in [-0.2, -0.15) is 0 Å². The molecule has 120 valence electrons. The highest BCUT2D eigenvalue weighted by Gasteiger charge is 2.27. The van der Waals surface area contributed by atoms with Crippen LogP contribution in [0, 0.1) is 0 Å². The van der Waals surface area contributed by atoms with Crippen LogP contribution in [0.25, 0.3) is 0 Å². The van der Waals surface area contributed by atoms with Crippen LogP contribution in [0.2, 0.25) is 5.02 Å². The lowest BCUT2D eigenvalue weighted by molar-refractivity contribution is 0.552. The standard InChI is InChI=1S/C17H27ClO2S/c1-17(2,3)21(19,20)13-8-6-4-5-7-10-15-11-9-12-16(18)14-15/h9,11-12,14H,4-8,10,13H2,1-3H3. The molecule has 2 nitrogen and oxygen atoms in total. The number of unbranched alkanes of at least 4 members (excludes halogenated alkanes) is 4. The predicted molar refractivity (Wildman–Crippen MR) is 91.8 cm³/mol. The Morgan fingerprint density at radius 1 is 1.00 bits per heavy atom. The van der Waals surface area contributed by atoms with Crippen LogP contribution in [0.15, 0.2) is 24.3 Å². The second-order valence-electron chi connectivity index (χ2n) is 6.58. The van der Waals surface area contributed by atoms with Gasteiger partial charge in [0.25, 0.3) is 0 Å². The molecule has 0 aliphatic carbocycles. The van der Waals surface area contributed by atoms with Gasteiger partial charge in [-0.25, -0.2) is 8.42 Å². The lowest BCUT2D eigenvalue weighted by Gasteiger charge is -2.18. The fraction of sp³-hybridized carbons (Fsp3) is 0.647. The number of benzene rings is 1. The van der Waals surface area contributed by atoms with Crippen LogP contribution in [0.4, 0.5) is 0 Å². The monoisotopic (exact) mass is 330 g/mol. The molecule has 0 fully saturated rings. The fourth-order valence-electron chi connectivity index (χ4n) is 2.15. The van der Waals surface area contributed by atoms with E-state index in [2.05, 4.69) is 6.07 Å². The summed E-state index contributed by atoms with van der Waals surface area (Å²) < 4.78 is 23.3. The van der Waals surface area contributed by atoms with Crippen LogP contribution in [-0.4, -0.2) is 18.9 Å². The van der Waals surface area contributed by atoms with Crippen LogP contribution in [0.5, 0.6) is 0 Å². The fourth-order valence-corrected chi connectivity index (χ4v) is 3.56. The van der Waals surface area contributed by atoms with Gasteiger partial charge in [-0.05, 0) is 57.7 Å². The SMILES string of the molecule is CC(C)(C)S(=O)(=O)CCCCCCCc1cccc(Cl)c1. The maximum absolute atomic E-state index is 11.9. The first-order valence-electron chi connectivity index (χ1n) is 7.69. The minimum atomic E-state index is -2.95. The number of sulfone groups is 1. The molecule has 0 aliphatic rings. The van der Waals surface area contributed by atoms with Gasteiger partial charge in [0.05, 0.1) is 10.5 Å². The summed E-state index contributed by atoms with van der Waals surface area (Å²) in [7, 11) is -2.95. The summed E-state index contributed by atoms with van der Waals surface area (Å²) in [4.78, 5) is 0. The predicted octanol–water partition coefficient (Wildman–Crippen LogP) is 5.05. The van der Waals surface area contributed by atoms with Gasteiger partial charge in [0, 0.05) is 5.02 Å². The maximum atomic E-state index is 11.9. The van der Waals surface area contributed by atoms with Gasteiger partial charge in [0.2, 0.25) is 0 Å². The highest BCUT2D eigenvalue weighted by molar-refractivity contribution is 7.92. The molecule has 0 radical (unpaired) electrons. The van der Waals surface area contributed by atoms with Crippen molar-refractivity contribution in [2.24, 2.45) is 0 Å². The van der Waals surface area contributed by atoms with Gasteiger partial charge in [-0.1, -0.05) is 43.0 Å².